The molecule has 6 heteroatoms. The third-order valence-corrected chi connectivity index (χ3v) is 2.63. The van der Waals surface area contributed by atoms with Crippen LogP contribution in [0.4, 0.5) is 16.2 Å². The summed E-state index contributed by atoms with van der Waals surface area (Å²) < 4.78 is 4.96. The van der Waals surface area contributed by atoms with Crippen molar-refractivity contribution in [3.8, 4) is 5.88 Å². The molecule has 0 aliphatic carbocycles. The van der Waals surface area contributed by atoms with Gasteiger partial charge in [0.15, 0.2) is 0 Å². The zero-order valence-corrected chi connectivity index (χ0v) is 11.1. The second-order valence-electron chi connectivity index (χ2n) is 4.14. The molecule has 2 amide bonds. The van der Waals surface area contributed by atoms with Gasteiger partial charge in [-0.1, -0.05) is 6.07 Å². The van der Waals surface area contributed by atoms with Crippen molar-refractivity contribution in [1.29, 1.82) is 0 Å². The predicted molar refractivity (Wildman–Crippen MR) is 77.5 cm³/mol. The fraction of sp³-hybridized carbons (Fsp3) is 0.143. The number of amides is 2. The van der Waals surface area contributed by atoms with Gasteiger partial charge in [-0.2, -0.15) is 0 Å². The van der Waals surface area contributed by atoms with E-state index in [1.54, 1.807) is 43.6 Å². The maximum Gasteiger partial charge on any atom is 0.319 e. The van der Waals surface area contributed by atoms with Crippen LogP contribution in [0, 0.1) is 0 Å². The number of rotatable bonds is 4. The molecule has 0 fully saturated rings. The standard InChI is InChI=1S/C14H16N4O2/c1-20-13-7-2-10(8-16-13)9-17-14(19)18-12-5-3-11(15)4-6-12/h2-8H,9,15H2,1H3,(H2,17,18,19). The van der Waals surface area contributed by atoms with Crippen LogP contribution in [0.2, 0.25) is 0 Å². The third kappa shape index (κ3) is 3.88. The van der Waals surface area contributed by atoms with Gasteiger partial charge in [0, 0.05) is 30.2 Å². The molecule has 2 aromatic rings. The van der Waals surface area contributed by atoms with Crippen LogP contribution in [0.1, 0.15) is 5.56 Å². The molecule has 1 heterocycles. The highest BCUT2D eigenvalue weighted by atomic mass is 16.5. The van der Waals surface area contributed by atoms with Crippen molar-refractivity contribution in [2.45, 2.75) is 6.54 Å². The normalized spacial score (nSPS) is 9.85. The summed E-state index contributed by atoms with van der Waals surface area (Å²) in [4.78, 5) is 15.8. The van der Waals surface area contributed by atoms with Crippen LogP contribution in [0.15, 0.2) is 42.6 Å². The van der Waals surface area contributed by atoms with E-state index in [-0.39, 0.29) is 6.03 Å². The number of urea groups is 1. The number of aromatic nitrogens is 1. The number of carbonyl (C=O) groups excluding carboxylic acids is 1. The largest absolute Gasteiger partial charge is 0.481 e. The molecule has 4 N–H and O–H groups in total. The number of nitrogens with two attached hydrogens (primary N) is 1. The first-order valence-corrected chi connectivity index (χ1v) is 6.06. The molecule has 1 aromatic carbocycles. The van der Waals surface area contributed by atoms with Gasteiger partial charge in [-0.25, -0.2) is 9.78 Å². The minimum Gasteiger partial charge on any atom is -0.481 e. The van der Waals surface area contributed by atoms with Crippen LogP contribution in [0.5, 0.6) is 5.88 Å². The van der Waals surface area contributed by atoms with E-state index in [0.29, 0.717) is 23.8 Å². The van der Waals surface area contributed by atoms with Gasteiger partial charge in [0.25, 0.3) is 0 Å². The number of ether oxygens (including phenoxy) is 1. The molecule has 0 saturated carbocycles. The third-order valence-electron chi connectivity index (χ3n) is 2.63. The number of benzene rings is 1. The maximum absolute atomic E-state index is 11.7. The number of anilines is 2. The number of nitrogens with one attached hydrogen (secondary N) is 2. The average Bonchev–Trinajstić information content (AvgIpc) is 2.48. The summed E-state index contributed by atoms with van der Waals surface area (Å²) in [6.07, 6.45) is 1.66. The molecule has 0 aliphatic heterocycles. The van der Waals surface area contributed by atoms with Crippen LogP contribution < -0.4 is 21.1 Å². The topological polar surface area (TPSA) is 89.3 Å². The summed E-state index contributed by atoms with van der Waals surface area (Å²) in [7, 11) is 1.56. The molecular formula is C14H16N4O2. The molecule has 0 aliphatic rings. The number of nitrogens with zero attached hydrogens (tertiary/aromatic N) is 1. The smallest absolute Gasteiger partial charge is 0.319 e. The van der Waals surface area contributed by atoms with E-state index in [9.17, 15) is 4.79 Å². The fourth-order valence-corrected chi connectivity index (χ4v) is 1.56. The first kappa shape index (κ1) is 13.7. The first-order chi connectivity index (χ1) is 9.67. The molecular weight excluding hydrogens is 256 g/mol. The Labute approximate surface area is 117 Å². The first-order valence-electron chi connectivity index (χ1n) is 6.06. The van der Waals surface area contributed by atoms with Crippen molar-refractivity contribution in [2.75, 3.05) is 18.2 Å². The van der Waals surface area contributed by atoms with Crippen LogP contribution >= 0.6 is 0 Å². The van der Waals surface area contributed by atoms with Gasteiger partial charge in [-0.3, -0.25) is 0 Å². The minimum absolute atomic E-state index is 0.286. The van der Waals surface area contributed by atoms with Gasteiger partial charge in [-0.05, 0) is 29.8 Å². The number of pyridine rings is 1. The van der Waals surface area contributed by atoms with Crippen molar-refractivity contribution >= 4 is 17.4 Å². The summed E-state index contributed by atoms with van der Waals surface area (Å²) in [6, 6.07) is 10.2. The van der Waals surface area contributed by atoms with Gasteiger partial charge in [-0.15, -0.1) is 0 Å². The van der Waals surface area contributed by atoms with Gasteiger partial charge in [0.05, 0.1) is 7.11 Å². The van der Waals surface area contributed by atoms with Gasteiger partial charge < -0.3 is 21.1 Å². The lowest BCUT2D eigenvalue weighted by Gasteiger charge is -2.08. The number of nitrogen functional groups attached to an aromatic ring is 1. The van der Waals surface area contributed by atoms with Crippen LogP contribution in [0.3, 0.4) is 0 Å². The lowest BCUT2D eigenvalue weighted by atomic mass is 10.3. The molecule has 0 unspecified atom stereocenters. The molecule has 6 nitrogen and oxygen atoms in total. The lowest BCUT2D eigenvalue weighted by molar-refractivity contribution is 0.251. The van der Waals surface area contributed by atoms with Gasteiger partial charge in [0.1, 0.15) is 0 Å². The molecule has 104 valence electrons. The highest BCUT2D eigenvalue weighted by molar-refractivity contribution is 5.89. The van der Waals surface area contributed by atoms with Gasteiger partial charge in [0.2, 0.25) is 5.88 Å². The molecule has 0 saturated heterocycles. The van der Waals surface area contributed by atoms with Crippen molar-refractivity contribution in [3.63, 3.8) is 0 Å². The minimum atomic E-state index is -0.286. The molecule has 0 radical (unpaired) electrons. The van der Waals surface area contributed by atoms with Crippen LogP contribution in [-0.4, -0.2) is 18.1 Å². The van der Waals surface area contributed by atoms with E-state index >= 15 is 0 Å². The van der Waals surface area contributed by atoms with E-state index in [2.05, 4.69) is 15.6 Å². The van der Waals surface area contributed by atoms with Crippen molar-refractivity contribution < 1.29 is 9.53 Å². The Kier molecular flexibility index (Phi) is 4.39. The quantitative estimate of drug-likeness (QED) is 0.742. The van der Waals surface area contributed by atoms with E-state index in [0.717, 1.165) is 5.56 Å². The molecule has 2 rings (SSSR count). The summed E-state index contributed by atoms with van der Waals surface area (Å²) in [5, 5.41) is 5.45. The number of methoxy groups -OCH3 is 1. The van der Waals surface area contributed by atoms with E-state index < -0.39 is 0 Å². The Bertz CT molecular complexity index is 567. The molecule has 0 atom stereocenters. The number of hydrogen-bond donors (Lipinski definition) is 3. The Balaban J connectivity index is 1.83. The monoisotopic (exact) mass is 272 g/mol. The van der Waals surface area contributed by atoms with Crippen molar-refractivity contribution in [3.05, 3.63) is 48.2 Å². The Hall–Kier alpha value is -2.76. The fourth-order valence-electron chi connectivity index (χ4n) is 1.56. The molecule has 0 bridgehead atoms. The lowest BCUT2D eigenvalue weighted by Crippen LogP contribution is -2.28. The van der Waals surface area contributed by atoms with Gasteiger partial charge >= 0.3 is 6.03 Å². The zero-order chi connectivity index (χ0) is 14.4. The summed E-state index contributed by atoms with van der Waals surface area (Å²) >= 11 is 0. The van der Waals surface area contributed by atoms with Crippen molar-refractivity contribution in [1.82, 2.24) is 10.3 Å². The predicted octanol–water partition coefficient (Wildman–Crippen LogP) is 1.99. The second-order valence-corrected chi connectivity index (χ2v) is 4.14. The van der Waals surface area contributed by atoms with Crippen LogP contribution in [-0.2, 0) is 6.54 Å². The maximum atomic E-state index is 11.7. The van der Waals surface area contributed by atoms with Crippen LogP contribution in [0.25, 0.3) is 0 Å². The number of carbonyl (C=O) groups is 1. The zero-order valence-electron chi connectivity index (χ0n) is 11.1. The second kappa shape index (κ2) is 6.42. The molecule has 20 heavy (non-hydrogen) atoms. The van der Waals surface area contributed by atoms with Crippen molar-refractivity contribution in [2.24, 2.45) is 0 Å². The number of hydrogen-bond acceptors (Lipinski definition) is 4. The molecule has 1 aromatic heterocycles. The SMILES string of the molecule is COc1ccc(CNC(=O)Nc2ccc(N)cc2)cn1. The highest BCUT2D eigenvalue weighted by Gasteiger charge is 2.02. The summed E-state index contributed by atoms with van der Waals surface area (Å²) in [5.41, 5.74) is 7.80. The van der Waals surface area contributed by atoms with E-state index in [4.69, 9.17) is 10.5 Å². The van der Waals surface area contributed by atoms with E-state index in [1.807, 2.05) is 6.07 Å². The molecule has 0 spiro atoms. The summed E-state index contributed by atoms with van der Waals surface area (Å²) in [5.74, 6) is 0.542. The summed E-state index contributed by atoms with van der Waals surface area (Å²) in [6.45, 7) is 0.387. The Morgan fingerprint density at radius 2 is 2.00 bits per heavy atom. The average molecular weight is 272 g/mol. The Morgan fingerprint density at radius 1 is 1.25 bits per heavy atom. The highest BCUT2D eigenvalue weighted by Crippen LogP contribution is 2.10. The van der Waals surface area contributed by atoms with E-state index in [1.165, 1.54) is 0 Å². The Morgan fingerprint density at radius 3 is 2.60 bits per heavy atom.